The van der Waals surface area contributed by atoms with E-state index in [0.717, 1.165) is 16.8 Å². The SMILES string of the molecule is CC(Nc1cc(CO)ccc1Cl)c1ccc(C#N)cc1. The lowest BCUT2D eigenvalue weighted by Crippen LogP contribution is -2.07. The van der Waals surface area contributed by atoms with Gasteiger partial charge in [-0.3, -0.25) is 0 Å². The van der Waals surface area contributed by atoms with Crippen LogP contribution in [-0.2, 0) is 6.61 Å². The van der Waals surface area contributed by atoms with Crippen molar-refractivity contribution in [2.75, 3.05) is 5.32 Å². The van der Waals surface area contributed by atoms with Crippen LogP contribution in [0.15, 0.2) is 42.5 Å². The highest BCUT2D eigenvalue weighted by Gasteiger charge is 2.08. The minimum Gasteiger partial charge on any atom is -0.392 e. The van der Waals surface area contributed by atoms with E-state index < -0.39 is 0 Å². The van der Waals surface area contributed by atoms with Gasteiger partial charge < -0.3 is 10.4 Å². The first-order valence-corrected chi connectivity index (χ1v) is 6.67. The van der Waals surface area contributed by atoms with Gasteiger partial charge >= 0.3 is 0 Å². The number of aliphatic hydroxyl groups excluding tert-OH is 1. The number of aliphatic hydroxyl groups is 1. The molecule has 0 saturated carbocycles. The van der Waals surface area contributed by atoms with Crippen molar-refractivity contribution >= 4 is 17.3 Å². The third kappa shape index (κ3) is 3.30. The Morgan fingerprint density at radius 1 is 1.25 bits per heavy atom. The Bertz CT molecular complexity index is 632. The molecule has 1 atom stereocenters. The number of nitriles is 1. The van der Waals surface area contributed by atoms with Crippen LogP contribution in [0.25, 0.3) is 0 Å². The van der Waals surface area contributed by atoms with Gasteiger partial charge in [0.1, 0.15) is 0 Å². The molecule has 102 valence electrons. The fourth-order valence-electron chi connectivity index (χ4n) is 1.94. The van der Waals surface area contributed by atoms with Crippen LogP contribution in [0.1, 0.15) is 29.7 Å². The average Bonchev–Trinajstić information content (AvgIpc) is 2.49. The van der Waals surface area contributed by atoms with E-state index in [1.165, 1.54) is 0 Å². The Hall–Kier alpha value is -2.02. The summed E-state index contributed by atoms with van der Waals surface area (Å²) in [4.78, 5) is 0. The van der Waals surface area contributed by atoms with E-state index in [-0.39, 0.29) is 12.6 Å². The zero-order valence-corrected chi connectivity index (χ0v) is 11.9. The van der Waals surface area contributed by atoms with Crippen molar-refractivity contribution in [2.45, 2.75) is 19.6 Å². The molecule has 20 heavy (non-hydrogen) atoms. The summed E-state index contributed by atoms with van der Waals surface area (Å²) in [6, 6.07) is 15.0. The van der Waals surface area contributed by atoms with Gasteiger partial charge in [0.05, 0.1) is 28.9 Å². The fourth-order valence-corrected chi connectivity index (χ4v) is 2.12. The van der Waals surface area contributed by atoms with Crippen molar-refractivity contribution in [3.63, 3.8) is 0 Å². The van der Waals surface area contributed by atoms with E-state index in [1.807, 2.05) is 25.1 Å². The van der Waals surface area contributed by atoms with Crippen LogP contribution in [0, 0.1) is 11.3 Å². The van der Waals surface area contributed by atoms with Gasteiger partial charge in [0, 0.05) is 6.04 Å². The lowest BCUT2D eigenvalue weighted by Gasteiger charge is -2.17. The zero-order chi connectivity index (χ0) is 14.5. The first kappa shape index (κ1) is 14.4. The summed E-state index contributed by atoms with van der Waals surface area (Å²) in [7, 11) is 0. The molecule has 3 nitrogen and oxygen atoms in total. The standard InChI is InChI=1S/C16H15ClN2O/c1-11(14-5-2-12(9-18)3-6-14)19-16-8-13(10-20)4-7-15(16)17/h2-8,11,19-20H,10H2,1H3. The van der Waals surface area contributed by atoms with Crippen molar-refractivity contribution in [2.24, 2.45) is 0 Å². The largest absolute Gasteiger partial charge is 0.392 e. The molecule has 0 amide bonds. The quantitative estimate of drug-likeness (QED) is 0.897. The molecule has 2 aromatic rings. The number of nitrogens with one attached hydrogen (secondary N) is 1. The maximum absolute atomic E-state index is 9.16. The highest BCUT2D eigenvalue weighted by Crippen LogP contribution is 2.27. The summed E-state index contributed by atoms with van der Waals surface area (Å²) in [5, 5.41) is 21.9. The predicted molar refractivity (Wildman–Crippen MR) is 80.6 cm³/mol. The smallest absolute Gasteiger partial charge is 0.0991 e. The predicted octanol–water partition coefficient (Wildman–Crippen LogP) is 3.88. The van der Waals surface area contributed by atoms with E-state index in [1.54, 1.807) is 24.3 Å². The zero-order valence-electron chi connectivity index (χ0n) is 11.1. The number of nitrogens with zero attached hydrogens (tertiary/aromatic N) is 1. The number of hydrogen-bond acceptors (Lipinski definition) is 3. The summed E-state index contributed by atoms with van der Waals surface area (Å²) in [5.74, 6) is 0. The van der Waals surface area contributed by atoms with Crippen LogP contribution in [0.5, 0.6) is 0 Å². The Labute approximate surface area is 123 Å². The molecule has 0 bridgehead atoms. The second-order valence-corrected chi connectivity index (χ2v) is 4.98. The molecular weight excluding hydrogens is 272 g/mol. The molecule has 1 unspecified atom stereocenters. The molecule has 0 aromatic heterocycles. The molecule has 0 spiro atoms. The molecule has 0 aliphatic carbocycles. The third-order valence-electron chi connectivity index (χ3n) is 3.13. The van der Waals surface area contributed by atoms with Gasteiger partial charge in [-0.1, -0.05) is 29.8 Å². The number of anilines is 1. The molecule has 0 radical (unpaired) electrons. The summed E-state index contributed by atoms with van der Waals surface area (Å²) >= 11 is 6.15. The monoisotopic (exact) mass is 286 g/mol. The summed E-state index contributed by atoms with van der Waals surface area (Å²) in [6.07, 6.45) is 0. The topological polar surface area (TPSA) is 56.0 Å². The molecule has 2 rings (SSSR count). The summed E-state index contributed by atoms with van der Waals surface area (Å²) in [6.45, 7) is 2.00. The Morgan fingerprint density at radius 3 is 2.55 bits per heavy atom. The Balaban J connectivity index is 2.18. The van der Waals surface area contributed by atoms with Crippen molar-refractivity contribution in [1.82, 2.24) is 0 Å². The second-order valence-electron chi connectivity index (χ2n) is 4.57. The van der Waals surface area contributed by atoms with Crippen LogP contribution >= 0.6 is 11.6 Å². The van der Waals surface area contributed by atoms with Crippen molar-refractivity contribution in [3.05, 3.63) is 64.2 Å². The lowest BCUT2D eigenvalue weighted by molar-refractivity contribution is 0.282. The lowest BCUT2D eigenvalue weighted by atomic mass is 10.1. The van der Waals surface area contributed by atoms with Crippen LogP contribution in [0.2, 0.25) is 5.02 Å². The van der Waals surface area contributed by atoms with Crippen molar-refractivity contribution in [1.29, 1.82) is 5.26 Å². The van der Waals surface area contributed by atoms with E-state index in [9.17, 15) is 0 Å². The normalized spacial score (nSPS) is 11.7. The highest BCUT2D eigenvalue weighted by atomic mass is 35.5. The molecule has 2 N–H and O–H groups in total. The number of rotatable bonds is 4. The maximum Gasteiger partial charge on any atom is 0.0991 e. The van der Waals surface area contributed by atoms with Crippen molar-refractivity contribution in [3.8, 4) is 6.07 Å². The Morgan fingerprint density at radius 2 is 1.95 bits per heavy atom. The third-order valence-corrected chi connectivity index (χ3v) is 3.45. The fraction of sp³-hybridized carbons (Fsp3) is 0.188. The minimum absolute atomic E-state index is 0.0168. The van der Waals surface area contributed by atoms with E-state index in [0.29, 0.717) is 10.6 Å². The molecule has 0 fully saturated rings. The molecule has 0 aliphatic rings. The van der Waals surface area contributed by atoms with Gasteiger partial charge in [0.2, 0.25) is 0 Å². The summed E-state index contributed by atoms with van der Waals surface area (Å²) in [5.41, 5.74) is 3.30. The average molecular weight is 287 g/mol. The number of benzene rings is 2. The first-order chi connectivity index (χ1) is 9.63. The molecule has 4 heteroatoms. The maximum atomic E-state index is 9.16. The highest BCUT2D eigenvalue weighted by molar-refractivity contribution is 6.33. The second kappa shape index (κ2) is 6.42. The summed E-state index contributed by atoms with van der Waals surface area (Å²) < 4.78 is 0. The van der Waals surface area contributed by atoms with Gasteiger partial charge in [-0.2, -0.15) is 5.26 Å². The van der Waals surface area contributed by atoms with Gasteiger partial charge in [-0.25, -0.2) is 0 Å². The number of halogens is 1. The van der Waals surface area contributed by atoms with Crippen LogP contribution < -0.4 is 5.32 Å². The molecule has 0 saturated heterocycles. The van der Waals surface area contributed by atoms with Crippen molar-refractivity contribution < 1.29 is 5.11 Å². The molecule has 0 heterocycles. The van der Waals surface area contributed by atoms with Gasteiger partial charge in [-0.15, -0.1) is 0 Å². The number of hydrogen-bond donors (Lipinski definition) is 2. The first-order valence-electron chi connectivity index (χ1n) is 6.30. The minimum atomic E-state index is -0.0168. The molecule has 0 aliphatic heterocycles. The van der Waals surface area contributed by atoms with Gasteiger partial charge in [-0.05, 0) is 42.3 Å². The van der Waals surface area contributed by atoms with E-state index in [2.05, 4.69) is 11.4 Å². The molecule has 2 aromatic carbocycles. The Kier molecular flexibility index (Phi) is 4.62. The van der Waals surface area contributed by atoms with E-state index in [4.69, 9.17) is 22.0 Å². The van der Waals surface area contributed by atoms with Crippen LogP contribution in [0.3, 0.4) is 0 Å². The molecular formula is C16H15ClN2O. The van der Waals surface area contributed by atoms with E-state index >= 15 is 0 Å². The van der Waals surface area contributed by atoms with Gasteiger partial charge in [0.25, 0.3) is 0 Å². The van der Waals surface area contributed by atoms with Gasteiger partial charge in [0.15, 0.2) is 0 Å². The van der Waals surface area contributed by atoms with Crippen LogP contribution in [-0.4, -0.2) is 5.11 Å². The van der Waals surface area contributed by atoms with Crippen LogP contribution in [0.4, 0.5) is 5.69 Å².